The first-order valence-electron chi connectivity index (χ1n) is 10.4. The monoisotopic (exact) mass is 522 g/mol. The van der Waals surface area contributed by atoms with Crippen molar-refractivity contribution >= 4 is 29.1 Å². The van der Waals surface area contributed by atoms with Crippen LogP contribution < -0.4 is 15.7 Å². The molecule has 34 heavy (non-hydrogen) atoms. The van der Waals surface area contributed by atoms with Crippen molar-refractivity contribution < 1.29 is 27.8 Å². The lowest BCUT2D eigenvalue weighted by Gasteiger charge is -2.33. The maximum absolute atomic E-state index is 13.1. The molecule has 3 N–H and O–H groups in total. The summed E-state index contributed by atoms with van der Waals surface area (Å²) in [6.45, 7) is 2.97. The van der Waals surface area contributed by atoms with E-state index in [-0.39, 0.29) is 19.2 Å². The van der Waals surface area contributed by atoms with Crippen molar-refractivity contribution in [1.82, 2.24) is 20.2 Å². The van der Waals surface area contributed by atoms with Crippen molar-refractivity contribution in [2.75, 3.05) is 26.2 Å². The summed E-state index contributed by atoms with van der Waals surface area (Å²) in [5.74, 6) is -0.544. The smallest absolute Gasteiger partial charge is 0.432 e. The number of nitrogens with zero attached hydrogens (tertiary/aromatic N) is 2. The molecule has 0 bridgehead atoms. The number of H-pyrrole nitrogens is 1. The minimum atomic E-state index is -4.94. The number of halogens is 5. The molecule has 1 unspecified atom stereocenters. The summed E-state index contributed by atoms with van der Waals surface area (Å²) in [5, 5.41) is 13.5. The Morgan fingerprint density at radius 3 is 2.68 bits per heavy atom. The van der Waals surface area contributed by atoms with Gasteiger partial charge in [0.15, 0.2) is 0 Å². The molecule has 1 atom stereocenters. The van der Waals surface area contributed by atoms with Gasteiger partial charge in [0.05, 0.1) is 16.7 Å². The predicted molar refractivity (Wildman–Crippen MR) is 119 cm³/mol. The Morgan fingerprint density at radius 1 is 1.35 bits per heavy atom. The number of β-amino-alcohol motifs (C(OH)–C–C–N with tert-alkyl or cyclic N) is 1. The normalized spacial score (nSPS) is 16.3. The number of nitrogens with one attached hydrogen (secondary N) is 2. The first-order chi connectivity index (χ1) is 16.0. The number of aliphatic hydroxyl groups excluding tert-OH is 1. The molecule has 8 nitrogen and oxygen atoms in total. The molecule has 0 saturated carbocycles. The Morgan fingerprint density at radius 2 is 2.03 bits per heavy atom. The van der Waals surface area contributed by atoms with Gasteiger partial charge in [-0.2, -0.15) is 13.2 Å². The lowest BCUT2D eigenvalue weighted by molar-refractivity contribution is -0.141. The number of piperidine rings is 1. The van der Waals surface area contributed by atoms with E-state index in [1.54, 1.807) is 19.1 Å². The second kappa shape index (κ2) is 10.9. The van der Waals surface area contributed by atoms with E-state index in [1.807, 2.05) is 4.90 Å². The molecule has 1 amide bonds. The van der Waals surface area contributed by atoms with Gasteiger partial charge in [0.1, 0.15) is 17.5 Å². The van der Waals surface area contributed by atoms with Gasteiger partial charge >= 0.3 is 11.9 Å². The zero-order valence-electron chi connectivity index (χ0n) is 18.1. The summed E-state index contributed by atoms with van der Waals surface area (Å²) in [6.07, 6.45) is -4.11. The standard InChI is InChI=1S/C21H23Cl2F3N4O4/c1-11-15(22)2-3-16(17(11)23)34-13-4-6-30(7-5-13)10-12(31)8-27-19(32)14-9-28-20(33)29-18(14)21(24,25)26/h2-3,9,12-13,31H,4-8,10H2,1H3,(H,27,32)(H,28,29,33). The minimum absolute atomic E-state index is 0.0697. The van der Waals surface area contributed by atoms with Gasteiger partial charge in [0.25, 0.3) is 5.91 Å². The van der Waals surface area contributed by atoms with Crippen LogP contribution in [0.5, 0.6) is 5.75 Å². The van der Waals surface area contributed by atoms with Crippen molar-refractivity contribution in [2.45, 2.75) is 38.1 Å². The third-order valence-electron chi connectivity index (χ3n) is 5.42. The van der Waals surface area contributed by atoms with Gasteiger partial charge in [0.2, 0.25) is 0 Å². The molecule has 13 heteroatoms. The average molecular weight is 523 g/mol. The topological polar surface area (TPSA) is 108 Å². The number of hydrogen-bond acceptors (Lipinski definition) is 6. The molecule has 1 aromatic carbocycles. The van der Waals surface area contributed by atoms with E-state index in [9.17, 15) is 27.9 Å². The van der Waals surface area contributed by atoms with E-state index >= 15 is 0 Å². The third-order valence-corrected chi connectivity index (χ3v) is 6.30. The Bertz CT molecular complexity index is 1090. The highest BCUT2D eigenvalue weighted by Crippen LogP contribution is 2.34. The quantitative estimate of drug-likeness (QED) is 0.515. The Hall–Kier alpha value is -2.34. The summed E-state index contributed by atoms with van der Waals surface area (Å²) in [6, 6.07) is 3.44. The molecular weight excluding hydrogens is 500 g/mol. The summed E-state index contributed by atoms with van der Waals surface area (Å²) >= 11 is 12.3. The summed E-state index contributed by atoms with van der Waals surface area (Å²) < 4.78 is 45.2. The van der Waals surface area contributed by atoms with Crippen LogP contribution in [0.4, 0.5) is 13.2 Å². The maximum atomic E-state index is 13.1. The first kappa shape index (κ1) is 26.3. The molecule has 1 aliphatic heterocycles. The second-order valence-electron chi connectivity index (χ2n) is 7.94. The fraction of sp³-hybridized carbons (Fsp3) is 0.476. The van der Waals surface area contributed by atoms with Gasteiger partial charge in [0, 0.05) is 37.4 Å². The number of carbonyl (C=O) groups is 1. The molecule has 2 heterocycles. The predicted octanol–water partition coefficient (Wildman–Crippen LogP) is 3.04. The number of amides is 1. The van der Waals surface area contributed by atoms with Crippen LogP contribution in [0.25, 0.3) is 0 Å². The highest BCUT2D eigenvalue weighted by atomic mass is 35.5. The molecule has 0 aliphatic carbocycles. The average Bonchev–Trinajstić information content (AvgIpc) is 2.78. The van der Waals surface area contributed by atoms with Crippen LogP contribution in [0.1, 0.15) is 34.5 Å². The number of ether oxygens (including phenoxy) is 1. The lowest BCUT2D eigenvalue weighted by Crippen LogP contribution is -2.45. The molecule has 1 fully saturated rings. The van der Waals surface area contributed by atoms with E-state index in [4.69, 9.17) is 27.9 Å². The van der Waals surface area contributed by atoms with E-state index in [2.05, 4.69) is 10.3 Å². The van der Waals surface area contributed by atoms with Crippen molar-refractivity contribution in [1.29, 1.82) is 0 Å². The molecule has 2 aromatic rings. The Balaban J connectivity index is 1.47. The molecule has 0 radical (unpaired) electrons. The van der Waals surface area contributed by atoms with Crippen LogP contribution in [0.2, 0.25) is 10.0 Å². The molecule has 0 spiro atoms. The lowest BCUT2D eigenvalue weighted by atomic mass is 10.1. The third kappa shape index (κ3) is 6.62. The van der Waals surface area contributed by atoms with Crippen molar-refractivity contribution in [3.05, 3.63) is 55.7 Å². The Labute approximate surface area is 203 Å². The molecule has 1 aromatic heterocycles. The van der Waals surface area contributed by atoms with E-state index in [0.717, 1.165) is 5.56 Å². The highest BCUT2D eigenvalue weighted by molar-refractivity contribution is 6.36. The van der Waals surface area contributed by atoms with Gasteiger partial charge in [-0.25, -0.2) is 9.78 Å². The molecule has 1 aliphatic rings. The number of aromatic nitrogens is 2. The number of alkyl halides is 3. The van der Waals surface area contributed by atoms with Crippen molar-refractivity contribution in [2.24, 2.45) is 0 Å². The van der Waals surface area contributed by atoms with Gasteiger partial charge < -0.3 is 25.0 Å². The van der Waals surface area contributed by atoms with Crippen LogP contribution in [0, 0.1) is 6.92 Å². The van der Waals surface area contributed by atoms with Crippen LogP contribution in [-0.2, 0) is 6.18 Å². The van der Waals surface area contributed by atoms with Crippen molar-refractivity contribution in [3.63, 3.8) is 0 Å². The Kier molecular flexibility index (Phi) is 8.45. The summed E-state index contributed by atoms with van der Waals surface area (Å²) in [4.78, 5) is 30.0. The van der Waals surface area contributed by atoms with Gasteiger partial charge in [-0.05, 0) is 37.5 Å². The van der Waals surface area contributed by atoms with Gasteiger partial charge in [-0.15, -0.1) is 0 Å². The number of rotatable bonds is 7. The maximum Gasteiger partial charge on any atom is 0.432 e. The SMILES string of the molecule is Cc1c(Cl)ccc(OC2CCN(CC(O)CNC(=O)c3cnc(=O)[nH]c3C(F)(F)F)CC2)c1Cl. The van der Waals surface area contributed by atoms with Gasteiger partial charge in [-0.1, -0.05) is 23.2 Å². The largest absolute Gasteiger partial charge is 0.489 e. The minimum Gasteiger partial charge on any atom is -0.489 e. The van der Waals surface area contributed by atoms with Crippen LogP contribution in [0.3, 0.4) is 0 Å². The van der Waals surface area contributed by atoms with E-state index in [0.29, 0.717) is 47.9 Å². The number of aromatic amines is 1. The first-order valence-corrected chi connectivity index (χ1v) is 11.2. The van der Waals surface area contributed by atoms with E-state index in [1.165, 1.54) is 4.98 Å². The number of benzene rings is 1. The molecule has 1 saturated heterocycles. The summed E-state index contributed by atoms with van der Waals surface area (Å²) in [5.41, 5.74) is -2.79. The second-order valence-corrected chi connectivity index (χ2v) is 8.73. The molecular formula is C21H23Cl2F3N4O4. The van der Waals surface area contributed by atoms with Crippen molar-refractivity contribution in [3.8, 4) is 5.75 Å². The molecule has 186 valence electrons. The molecule has 3 rings (SSSR count). The van der Waals surface area contributed by atoms with Crippen LogP contribution >= 0.6 is 23.2 Å². The number of likely N-dealkylation sites (tertiary alicyclic amines) is 1. The van der Waals surface area contributed by atoms with Crippen LogP contribution in [-0.4, -0.2) is 64.3 Å². The summed E-state index contributed by atoms with van der Waals surface area (Å²) in [7, 11) is 0. The fourth-order valence-corrected chi connectivity index (χ4v) is 3.99. The number of carbonyl (C=O) groups excluding carboxylic acids is 1. The van der Waals surface area contributed by atoms with Gasteiger partial charge in [-0.3, -0.25) is 4.79 Å². The zero-order valence-corrected chi connectivity index (χ0v) is 19.6. The fourth-order valence-electron chi connectivity index (χ4n) is 3.58. The van der Waals surface area contributed by atoms with E-state index < -0.39 is 35.1 Å². The van der Waals surface area contributed by atoms with Crippen LogP contribution in [0.15, 0.2) is 23.1 Å². The highest BCUT2D eigenvalue weighted by Gasteiger charge is 2.37. The number of aliphatic hydroxyl groups is 1. The number of hydrogen-bond donors (Lipinski definition) is 3. The zero-order chi connectivity index (χ0) is 25.0.